The molecule has 2 heteroatoms. The maximum Gasteiger partial charge on any atom is 0.0940 e. The van der Waals surface area contributed by atoms with Gasteiger partial charge >= 0.3 is 0 Å². The molecule has 0 fully saturated rings. The van der Waals surface area contributed by atoms with Crippen LogP contribution in [0.3, 0.4) is 0 Å². The van der Waals surface area contributed by atoms with Gasteiger partial charge < -0.3 is 10.4 Å². The van der Waals surface area contributed by atoms with E-state index in [1.807, 2.05) is 14.0 Å². The van der Waals surface area contributed by atoms with Crippen LogP contribution in [0, 0.1) is 0 Å². The molecule has 0 bridgehead atoms. The van der Waals surface area contributed by atoms with Gasteiger partial charge in [0, 0.05) is 6.04 Å². The fourth-order valence-electron chi connectivity index (χ4n) is 2.22. The molecule has 0 aromatic heterocycles. The molecule has 2 nitrogen and oxygen atoms in total. The molecule has 0 aliphatic heterocycles. The van der Waals surface area contributed by atoms with E-state index in [9.17, 15) is 5.11 Å². The first kappa shape index (κ1) is 10.7. The Morgan fingerprint density at radius 2 is 2.00 bits per heavy atom. The van der Waals surface area contributed by atoms with Gasteiger partial charge in [0.2, 0.25) is 0 Å². The van der Waals surface area contributed by atoms with E-state index >= 15 is 0 Å². The Balaban J connectivity index is 2.22. The predicted molar refractivity (Wildman–Crippen MR) is 61.9 cm³/mol. The third-order valence-corrected chi connectivity index (χ3v) is 3.39. The third kappa shape index (κ3) is 2.06. The summed E-state index contributed by atoms with van der Waals surface area (Å²) in [5.41, 5.74) is 3.93. The third-order valence-electron chi connectivity index (χ3n) is 3.39. The Labute approximate surface area is 91.3 Å². The van der Waals surface area contributed by atoms with Gasteiger partial charge in [-0.2, -0.15) is 0 Å². The van der Waals surface area contributed by atoms with Crippen LogP contribution < -0.4 is 5.32 Å². The molecule has 0 saturated carbocycles. The lowest BCUT2D eigenvalue weighted by Crippen LogP contribution is -2.28. The van der Waals surface area contributed by atoms with Crippen LogP contribution in [-0.2, 0) is 12.8 Å². The van der Waals surface area contributed by atoms with E-state index in [-0.39, 0.29) is 6.04 Å². The minimum absolute atomic E-state index is 0.101. The molecule has 0 radical (unpaired) electrons. The van der Waals surface area contributed by atoms with Gasteiger partial charge in [-0.3, -0.25) is 0 Å². The summed E-state index contributed by atoms with van der Waals surface area (Å²) < 4.78 is 0. The van der Waals surface area contributed by atoms with Crippen molar-refractivity contribution in [3.8, 4) is 0 Å². The topological polar surface area (TPSA) is 32.3 Å². The molecule has 2 unspecified atom stereocenters. The number of rotatable bonds is 3. The van der Waals surface area contributed by atoms with Gasteiger partial charge in [0.25, 0.3) is 0 Å². The Kier molecular flexibility index (Phi) is 3.08. The summed E-state index contributed by atoms with van der Waals surface area (Å²) in [6, 6.07) is 6.50. The Morgan fingerprint density at radius 1 is 1.27 bits per heavy atom. The van der Waals surface area contributed by atoms with E-state index in [1.165, 1.54) is 30.4 Å². The first-order valence-electron chi connectivity index (χ1n) is 5.69. The summed E-state index contributed by atoms with van der Waals surface area (Å²) in [6.45, 7) is 2.00. The average Bonchev–Trinajstić information content (AvgIpc) is 2.73. The highest BCUT2D eigenvalue weighted by molar-refractivity contribution is 5.36. The second-order valence-electron chi connectivity index (χ2n) is 4.40. The highest BCUT2D eigenvalue weighted by Crippen LogP contribution is 2.26. The van der Waals surface area contributed by atoms with Crippen LogP contribution in [0.1, 0.15) is 36.1 Å². The van der Waals surface area contributed by atoms with Crippen LogP contribution in [0.4, 0.5) is 0 Å². The van der Waals surface area contributed by atoms with E-state index < -0.39 is 6.10 Å². The molecule has 1 aliphatic rings. The summed E-state index contributed by atoms with van der Waals surface area (Å²) in [7, 11) is 1.88. The monoisotopic (exact) mass is 205 g/mol. The molecule has 0 spiro atoms. The molecule has 0 saturated heterocycles. The van der Waals surface area contributed by atoms with Gasteiger partial charge in [0.05, 0.1) is 6.10 Å². The van der Waals surface area contributed by atoms with E-state index in [4.69, 9.17) is 0 Å². The first-order chi connectivity index (χ1) is 7.22. The summed E-state index contributed by atoms with van der Waals surface area (Å²) >= 11 is 0. The molecule has 82 valence electrons. The molecule has 1 aromatic carbocycles. The second-order valence-corrected chi connectivity index (χ2v) is 4.40. The van der Waals surface area contributed by atoms with Crippen LogP contribution in [0.15, 0.2) is 18.2 Å². The van der Waals surface area contributed by atoms with Gasteiger partial charge in [-0.25, -0.2) is 0 Å². The quantitative estimate of drug-likeness (QED) is 0.789. The van der Waals surface area contributed by atoms with Crippen molar-refractivity contribution >= 4 is 0 Å². The molecule has 1 aromatic rings. The number of hydrogen-bond donors (Lipinski definition) is 2. The van der Waals surface area contributed by atoms with E-state index in [0.717, 1.165) is 5.56 Å². The van der Waals surface area contributed by atoms with Crippen LogP contribution in [0.5, 0.6) is 0 Å². The number of aliphatic hydroxyl groups is 1. The number of hydrogen-bond acceptors (Lipinski definition) is 2. The van der Waals surface area contributed by atoms with Crippen LogP contribution >= 0.6 is 0 Å². The van der Waals surface area contributed by atoms with Gasteiger partial charge in [-0.15, -0.1) is 0 Å². The molecule has 0 heterocycles. The van der Waals surface area contributed by atoms with Crippen molar-refractivity contribution in [2.45, 2.75) is 38.3 Å². The molecule has 2 atom stereocenters. The van der Waals surface area contributed by atoms with E-state index in [1.54, 1.807) is 0 Å². The molecule has 1 aliphatic carbocycles. The Hall–Kier alpha value is -0.860. The Morgan fingerprint density at radius 3 is 2.73 bits per heavy atom. The SMILES string of the molecule is CNC(C)C(O)c1ccc2c(c1)CCC2. The number of benzene rings is 1. The maximum atomic E-state index is 10.1. The number of nitrogens with one attached hydrogen (secondary N) is 1. The predicted octanol–water partition coefficient (Wildman–Crippen LogP) is 1.82. The lowest BCUT2D eigenvalue weighted by molar-refractivity contribution is 0.140. The number of aliphatic hydroxyl groups excluding tert-OH is 1. The lowest BCUT2D eigenvalue weighted by atomic mass is 9.99. The minimum atomic E-state index is -0.402. The summed E-state index contributed by atoms with van der Waals surface area (Å²) in [5.74, 6) is 0. The number of likely N-dealkylation sites (N-methyl/N-ethyl adjacent to an activating group) is 1. The van der Waals surface area contributed by atoms with Crippen molar-refractivity contribution in [1.29, 1.82) is 0 Å². The molecule has 2 N–H and O–H groups in total. The van der Waals surface area contributed by atoms with Crippen LogP contribution in [-0.4, -0.2) is 18.2 Å². The highest BCUT2D eigenvalue weighted by atomic mass is 16.3. The van der Waals surface area contributed by atoms with Crippen molar-refractivity contribution in [1.82, 2.24) is 5.32 Å². The first-order valence-corrected chi connectivity index (χ1v) is 5.69. The molecule has 2 rings (SSSR count). The van der Waals surface area contributed by atoms with Crippen LogP contribution in [0.2, 0.25) is 0 Å². The number of fused-ring (bicyclic) bond motifs is 1. The van der Waals surface area contributed by atoms with Gasteiger partial charge in [0.1, 0.15) is 0 Å². The fourth-order valence-corrected chi connectivity index (χ4v) is 2.22. The van der Waals surface area contributed by atoms with Crippen LogP contribution in [0.25, 0.3) is 0 Å². The number of aryl methyl sites for hydroxylation is 2. The zero-order valence-corrected chi connectivity index (χ0v) is 9.46. The van der Waals surface area contributed by atoms with Gasteiger partial charge in [-0.1, -0.05) is 18.2 Å². The highest BCUT2D eigenvalue weighted by Gasteiger charge is 2.17. The zero-order valence-electron chi connectivity index (χ0n) is 9.46. The summed E-state index contributed by atoms with van der Waals surface area (Å²) in [6.07, 6.45) is 3.23. The van der Waals surface area contributed by atoms with Crippen molar-refractivity contribution in [2.24, 2.45) is 0 Å². The molecule has 0 amide bonds. The summed E-state index contributed by atoms with van der Waals surface area (Å²) in [4.78, 5) is 0. The van der Waals surface area contributed by atoms with E-state index in [0.29, 0.717) is 0 Å². The molecule has 15 heavy (non-hydrogen) atoms. The van der Waals surface area contributed by atoms with Crippen molar-refractivity contribution in [3.05, 3.63) is 34.9 Å². The standard InChI is InChI=1S/C13H19NO/c1-9(14-2)13(15)12-7-6-10-4-3-5-11(10)8-12/h6-9,13-15H,3-5H2,1-2H3. The average molecular weight is 205 g/mol. The lowest BCUT2D eigenvalue weighted by Gasteiger charge is -2.19. The van der Waals surface area contributed by atoms with Crippen molar-refractivity contribution < 1.29 is 5.11 Å². The second kappa shape index (κ2) is 4.33. The minimum Gasteiger partial charge on any atom is -0.387 e. The van der Waals surface area contributed by atoms with Gasteiger partial charge in [-0.05, 0) is 49.9 Å². The fraction of sp³-hybridized carbons (Fsp3) is 0.538. The van der Waals surface area contributed by atoms with E-state index in [2.05, 4.69) is 23.5 Å². The normalized spacial score (nSPS) is 18.6. The zero-order chi connectivity index (χ0) is 10.8. The van der Waals surface area contributed by atoms with Gasteiger partial charge in [0.15, 0.2) is 0 Å². The van der Waals surface area contributed by atoms with Crippen molar-refractivity contribution in [2.75, 3.05) is 7.05 Å². The summed E-state index contributed by atoms with van der Waals surface area (Å²) in [5, 5.41) is 13.1. The maximum absolute atomic E-state index is 10.1. The largest absolute Gasteiger partial charge is 0.387 e. The molecular formula is C13H19NO. The van der Waals surface area contributed by atoms with Crippen molar-refractivity contribution in [3.63, 3.8) is 0 Å². The smallest absolute Gasteiger partial charge is 0.0940 e. The Bertz CT molecular complexity index is 348. The molecular weight excluding hydrogens is 186 g/mol.